The summed E-state index contributed by atoms with van der Waals surface area (Å²) in [6, 6.07) is 0. The number of rotatable bonds is 2. The molecule has 5 nitrogen and oxygen atoms in total. The number of hydrogen-bond donors (Lipinski definition) is 2. The minimum Gasteiger partial charge on any atom is -0.323 e. The quantitative estimate of drug-likeness (QED) is 0.627. The Morgan fingerprint density at radius 3 is 2.64 bits per heavy atom. The van der Waals surface area contributed by atoms with E-state index in [9.17, 15) is 4.79 Å². The van der Waals surface area contributed by atoms with Crippen molar-refractivity contribution in [2.75, 3.05) is 12.5 Å². The van der Waals surface area contributed by atoms with Gasteiger partial charge in [0.2, 0.25) is 0 Å². The van der Waals surface area contributed by atoms with E-state index in [1.165, 1.54) is 4.68 Å². The number of nitrogens with one attached hydrogen (secondary N) is 2. The highest BCUT2D eigenvalue weighted by molar-refractivity contribution is 4.94. The van der Waals surface area contributed by atoms with Crippen LogP contribution in [0.3, 0.4) is 0 Å². The second-order valence-electron chi connectivity index (χ2n) is 2.60. The maximum Gasteiger partial charge on any atom is 0.362 e. The van der Waals surface area contributed by atoms with Gasteiger partial charge < -0.3 is 5.43 Å². The van der Waals surface area contributed by atoms with Gasteiger partial charge in [-0.3, -0.25) is 0 Å². The summed E-state index contributed by atoms with van der Waals surface area (Å²) in [7, 11) is 1.68. The number of aromatic nitrogens is 3. The minimum atomic E-state index is -0.226. The van der Waals surface area contributed by atoms with Crippen LogP contribution in [0.1, 0.15) is 25.6 Å². The predicted molar refractivity (Wildman–Crippen MR) is 42.2 cm³/mol. The standard InChI is InChI=1S/C6H12N4O/c1-4(2)5-8-9-6(11)10(5)7-3/h4,7H,1-3H3,(H,9,11). The third-order valence-corrected chi connectivity index (χ3v) is 1.44. The Morgan fingerprint density at radius 1 is 1.64 bits per heavy atom. The number of hydrogen-bond acceptors (Lipinski definition) is 3. The molecule has 0 saturated carbocycles. The molecule has 2 N–H and O–H groups in total. The fourth-order valence-electron chi connectivity index (χ4n) is 0.913. The third kappa shape index (κ3) is 1.26. The predicted octanol–water partition coefficient (Wildman–Crippen LogP) is -0.132. The molecule has 0 saturated heterocycles. The van der Waals surface area contributed by atoms with Crippen LogP contribution in [0, 0.1) is 0 Å². The van der Waals surface area contributed by atoms with Gasteiger partial charge in [0.15, 0.2) is 5.82 Å². The molecule has 0 atom stereocenters. The zero-order valence-corrected chi connectivity index (χ0v) is 6.88. The van der Waals surface area contributed by atoms with Gasteiger partial charge >= 0.3 is 5.69 Å². The summed E-state index contributed by atoms with van der Waals surface area (Å²) in [5.41, 5.74) is 2.51. The van der Waals surface area contributed by atoms with Crippen molar-refractivity contribution >= 4 is 0 Å². The Bertz CT molecular complexity index is 285. The topological polar surface area (TPSA) is 62.7 Å². The van der Waals surface area contributed by atoms with E-state index in [1.807, 2.05) is 13.8 Å². The average Bonchev–Trinajstić information content (AvgIpc) is 2.30. The van der Waals surface area contributed by atoms with E-state index in [4.69, 9.17) is 0 Å². The fraction of sp³-hybridized carbons (Fsp3) is 0.667. The molecule has 1 heterocycles. The van der Waals surface area contributed by atoms with Crippen molar-refractivity contribution in [1.82, 2.24) is 14.9 Å². The largest absolute Gasteiger partial charge is 0.362 e. The van der Waals surface area contributed by atoms with Crippen LogP contribution in [0.2, 0.25) is 0 Å². The highest BCUT2D eigenvalue weighted by Crippen LogP contribution is 2.05. The highest BCUT2D eigenvalue weighted by atomic mass is 16.2. The molecule has 0 fully saturated rings. The maximum absolute atomic E-state index is 11.0. The molecule has 0 spiro atoms. The van der Waals surface area contributed by atoms with Crippen LogP contribution in [-0.4, -0.2) is 21.9 Å². The Morgan fingerprint density at radius 2 is 2.27 bits per heavy atom. The van der Waals surface area contributed by atoms with Gasteiger partial charge in [0.05, 0.1) is 0 Å². The van der Waals surface area contributed by atoms with Gasteiger partial charge in [0, 0.05) is 13.0 Å². The van der Waals surface area contributed by atoms with Crippen molar-refractivity contribution in [2.24, 2.45) is 0 Å². The second-order valence-corrected chi connectivity index (χ2v) is 2.60. The molecule has 0 aromatic carbocycles. The summed E-state index contributed by atoms with van der Waals surface area (Å²) in [5, 5.41) is 6.21. The third-order valence-electron chi connectivity index (χ3n) is 1.44. The van der Waals surface area contributed by atoms with Gasteiger partial charge in [0.25, 0.3) is 0 Å². The molecular weight excluding hydrogens is 144 g/mol. The zero-order chi connectivity index (χ0) is 8.43. The van der Waals surface area contributed by atoms with Crippen LogP contribution < -0.4 is 11.1 Å². The summed E-state index contributed by atoms with van der Waals surface area (Å²) in [5.74, 6) is 0.957. The second kappa shape index (κ2) is 2.77. The van der Waals surface area contributed by atoms with E-state index in [0.717, 1.165) is 5.82 Å². The summed E-state index contributed by atoms with van der Waals surface area (Å²) in [4.78, 5) is 11.0. The molecule has 0 aliphatic rings. The van der Waals surface area contributed by atoms with Crippen LogP contribution in [0.4, 0.5) is 0 Å². The average molecular weight is 156 g/mol. The van der Waals surface area contributed by atoms with Crippen molar-refractivity contribution in [1.29, 1.82) is 0 Å². The molecule has 1 aromatic rings. The number of H-pyrrole nitrogens is 1. The first-order valence-corrected chi connectivity index (χ1v) is 3.52. The van der Waals surface area contributed by atoms with Gasteiger partial charge in [-0.1, -0.05) is 13.8 Å². The molecule has 0 amide bonds. The minimum absolute atomic E-state index is 0.226. The highest BCUT2D eigenvalue weighted by Gasteiger charge is 2.09. The first-order chi connectivity index (χ1) is 5.16. The van der Waals surface area contributed by atoms with Crippen molar-refractivity contribution in [3.8, 4) is 0 Å². The molecule has 0 aliphatic heterocycles. The van der Waals surface area contributed by atoms with Gasteiger partial charge in [-0.05, 0) is 0 Å². The SMILES string of the molecule is CNn1c(C(C)C)n[nH]c1=O. The van der Waals surface area contributed by atoms with Crippen molar-refractivity contribution in [3.05, 3.63) is 16.3 Å². The van der Waals surface area contributed by atoms with Crippen LogP contribution in [0.15, 0.2) is 4.79 Å². The summed E-state index contributed by atoms with van der Waals surface area (Å²) in [6.07, 6.45) is 0. The Kier molecular flexibility index (Phi) is 1.98. The molecule has 0 aliphatic carbocycles. The van der Waals surface area contributed by atoms with Crippen LogP contribution in [-0.2, 0) is 0 Å². The number of nitrogens with zero attached hydrogens (tertiary/aromatic N) is 2. The van der Waals surface area contributed by atoms with Crippen LogP contribution >= 0.6 is 0 Å². The van der Waals surface area contributed by atoms with Gasteiger partial charge in [-0.2, -0.15) is 9.77 Å². The summed E-state index contributed by atoms with van der Waals surface area (Å²) < 4.78 is 1.39. The van der Waals surface area contributed by atoms with E-state index in [1.54, 1.807) is 7.05 Å². The van der Waals surface area contributed by atoms with Gasteiger partial charge in [-0.25, -0.2) is 9.89 Å². The van der Waals surface area contributed by atoms with Gasteiger partial charge in [0.1, 0.15) is 0 Å². The normalized spacial score (nSPS) is 10.5. The number of aromatic amines is 1. The molecule has 0 radical (unpaired) electrons. The van der Waals surface area contributed by atoms with Crippen molar-refractivity contribution in [3.63, 3.8) is 0 Å². The van der Waals surface area contributed by atoms with E-state index >= 15 is 0 Å². The Balaban J connectivity index is 3.16. The fourth-order valence-corrected chi connectivity index (χ4v) is 0.913. The molecule has 62 valence electrons. The molecular formula is C6H12N4O. The lowest BCUT2D eigenvalue weighted by Crippen LogP contribution is -2.26. The zero-order valence-electron chi connectivity index (χ0n) is 6.88. The first-order valence-electron chi connectivity index (χ1n) is 3.52. The Labute approximate surface area is 64.4 Å². The summed E-state index contributed by atoms with van der Waals surface area (Å²) in [6.45, 7) is 3.95. The smallest absolute Gasteiger partial charge is 0.323 e. The van der Waals surface area contributed by atoms with Crippen LogP contribution in [0.5, 0.6) is 0 Å². The van der Waals surface area contributed by atoms with Gasteiger partial charge in [-0.15, -0.1) is 0 Å². The lowest BCUT2D eigenvalue weighted by atomic mass is 10.2. The van der Waals surface area contributed by atoms with Crippen LogP contribution in [0.25, 0.3) is 0 Å². The Hall–Kier alpha value is -1.26. The molecule has 1 rings (SSSR count). The monoisotopic (exact) mass is 156 g/mol. The lowest BCUT2D eigenvalue weighted by molar-refractivity contribution is 0.707. The van der Waals surface area contributed by atoms with E-state index in [-0.39, 0.29) is 11.6 Å². The van der Waals surface area contributed by atoms with E-state index in [2.05, 4.69) is 15.6 Å². The van der Waals surface area contributed by atoms with Crippen molar-refractivity contribution in [2.45, 2.75) is 19.8 Å². The molecule has 0 unspecified atom stereocenters. The lowest BCUT2D eigenvalue weighted by Gasteiger charge is -2.05. The van der Waals surface area contributed by atoms with E-state index in [0.29, 0.717) is 0 Å². The first kappa shape index (κ1) is 7.84. The molecule has 5 heteroatoms. The maximum atomic E-state index is 11.0. The molecule has 1 aromatic heterocycles. The van der Waals surface area contributed by atoms with Crippen molar-refractivity contribution < 1.29 is 0 Å². The van der Waals surface area contributed by atoms with E-state index < -0.39 is 0 Å². The molecule has 11 heavy (non-hydrogen) atoms. The molecule has 0 bridgehead atoms. The summed E-state index contributed by atoms with van der Waals surface area (Å²) >= 11 is 0.